The first-order chi connectivity index (χ1) is 32.0. The van der Waals surface area contributed by atoms with Gasteiger partial charge in [-0.05, 0) is 83.5 Å². The predicted molar refractivity (Wildman–Crippen MR) is 282 cm³/mol. The molecule has 0 heterocycles. The second kappa shape index (κ2) is 54.4. The van der Waals surface area contributed by atoms with Gasteiger partial charge in [-0.3, -0.25) is 9.59 Å². The van der Waals surface area contributed by atoms with Gasteiger partial charge in [0.25, 0.3) is 0 Å². The largest absolute Gasteiger partial charge is 0.466 e. The average molecular weight is 913 g/mol. The maximum atomic E-state index is 12.5. The topological polar surface area (TPSA) is 95.9 Å². The molecule has 0 aromatic heterocycles. The summed E-state index contributed by atoms with van der Waals surface area (Å²) in [4.78, 5) is 24.5. The molecule has 0 aromatic rings. The molecule has 6 nitrogen and oxygen atoms in total. The van der Waals surface area contributed by atoms with E-state index in [1.165, 1.54) is 186 Å². The Morgan fingerprint density at radius 1 is 0.431 bits per heavy atom. The van der Waals surface area contributed by atoms with E-state index in [4.69, 9.17) is 4.74 Å². The van der Waals surface area contributed by atoms with Crippen LogP contribution in [0.25, 0.3) is 0 Å². The number of unbranched alkanes of at least 4 members (excludes halogenated alkanes) is 35. The van der Waals surface area contributed by atoms with E-state index in [2.05, 4.69) is 55.6 Å². The first kappa shape index (κ1) is 62.8. The second-order valence-electron chi connectivity index (χ2n) is 19.3. The van der Waals surface area contributed by atoms with E-state index in [0.717, 1.165) is 77.0 Å². The summed E-state index contributed by atoms with van der Waals surface area (Å²) in [6.45, 7) is 4.79. The fourth-order valence-corrected chi connectivity index (χ4v) is 8.43. The maximum absolute atomic E-state index is 12.5. The van der Waals surface area contributed by atoms with Crippen LogP contribution in [0.4, 0.5) is 0 Å². The molecule has 6 heteroatoms. The summed E-state index contributed by atoms with van der Waals surface area (Å²) in [5, 5.41) is 23.1. The fraction of sp³-hybridized carbons (Fsp3) is 0.831. The molecule has 0 aliphatic carbocycles. The number of aliphatic hydroxyl groups is 2. The Balaban J connectivity index is 3.57. The Bertz CT molecular complexity index is 1100. The fourth-order valence-electron chi connectivity index (χ4n) is 8.43. The van der Waals surface area contributed by atoms with Crippen LogP contribution in [0.15, 0.2) is 48.6 Å². The van der Waals surface area contributed by atoms with Crippen LogP contribution in [-0.4, -0.2) is 47.4 Å². The lowest BCUT2D eigenvalue weighted by molar-refractivity contribution is -0.143. The molecule has 65 heavy (non-hydrogen) atoms. The number of allylic oxidation sites excluding steroid dienone is 7. The highest BCUT2D eigenvalue weighted by Crippen LogP contribution is 2.16. The van der Waals surface area contributed by atoms with E-state index in [0.29, 0.717) is 19.4 Å². The zero-order valence-corrected chi connectivity index (χ0v) is 43.2. The number of hydrogen-bond acceptors (Lipinski definition) is 5. The van der Waals surface area contributed by atoms with Crippen LogP contribution in [0.5, 0.6) is 0 Å². The molecule has 0 bridgehead atoms. The number of ether oxygens (including phenoxy) is 1. The van der Waals surface area contributed by atoms with Crippen molar-refractivity contribution in [1.82, 2.24) is 5.32 Å². The maximum Gasteiger partial charge on any atom is 0.305 e. The molecule has 380 valence electrons. The highest BCUT2D eigenvalue weighted by molar-refractivity contribution is 5.76. The van der Waals surface area contributed by atoms with Gasteiger partial charge in [-0.1, -0.05) is 242 Å². The number of carbonyl (C=O) groups is 2. The normalized spacial score (nSPS) is 13.0. The zero-order chi connectivity index (χ0) is 47.2. The third-order valence-electron chi connectivity index (χ3n) is 12.8. The molecule has 0 aliphatic heterocycles. The zero-order valence-electron chi connectivity index (χ0n) is 43.2. The molecule has 0 rings (SSSR count). The molecule has 0 aromatic carbocycles. The Hall–Kier alpha value is -2.18. The van der Waals surface area contributed by atoms with E-state index in [-0.39, 0.29) is 18.5 Å². The molecule has 2 unspecified atom stereocenters. The minimum absolute atomic E-state index is 0.0458. The number of amides is 1. The molecular weight excluding hydrogens is 803 g/mol. The van der Waals surface area contributed by atoms with Crippen LogP contribution in [0.3, 0.4) is 0 Å². The molecule has 3 N–H and O–H groups in total. The van der Waals surface area contributed by atoms with Gasteiger partial charge < -0.3 is 20.3 Å². The number of hydrogen-bond donors (Lipinski definition) is 3. The molecule has 0 radical (unpaired) electrons. The van der Waals surface area contributed by atoms with Crippen molar-refractivity contribution in [1.29, 1.82) is 0 Å². The van der Waals surface area contributed by atoms with E-state index in [9.17, 15) is 19.8 Å². The van der Waals surface area contributed by atoms with Gasteiger partial charge in [0.1, 0.15) is 0 Å². The summed E-state index contributed by atoms with van der Waals surface area (Å²) in [6.07, 6.45) is 68.5. The van der Waals surface area contributed by atoms with E-state index in [1.54, 1.807) is 6.08 Å². The van der Waals surface area contributed by atoms with Gasteiger partial charge in [-0.2, -0.15) is 0 Å². The van der Waals surface area contributed by atoms with E-state index >= 15 is 0 Å². The standard InChI is InChI=1S/C59H109NO5/c1-3-5-7-9-11-13-15-17-19-21-22-23-24-25-27-28-30-32-35-39-43-47-51-57(62)56(55-61)60-58(63)52-48-44-40-36-34-38-42-46-50-54-65-59(64)53-49-45-41-37-33-31-29-26-20-18-16-14-12-10-8-6-4-2/h12,14,18,20,36,40,47,51,56-57,61-62H,3-11,13,15-17,19,21-35,37-39,41-46,48-50,52-55H2,1-2H3,(H,60,63)/b14-12-,20-18-,40-36-,51-47+. The molecule has 0 fully saturated rings. The first-order valence-electron chi connectivity index (χ1n) is 28.4. The Labute approximate surface area is 404 Å². The summed E-state index contributed by atoms with van der Waals surface area (Å²) < 4.78 is 5.45. The second-order valence-corrected chi connectivity index (χ2v) is 19.3. The molecule has 0 aliphatic rings. The summed E-state index contributed by atoms with van der Waals surface area (Å²) >= 11 is 0. The highest BCUT2D eigenvalue weighted by atomic mass is 16.5. The predicted octanol–water partition coefficient (Wildman–Crippen LogP) is 17.4. The SMILES string of the molecule is CCCCC/C=C\C/C=C\CCCCCCCCCC(=O)OCCCCCC/C=C\CCCC(=O)NC(CO)C(O)/C=C/CCCCCCCCCCCCCCCCCCCCCC. The van der Waals surface area contributed by atoms with E-state index in [1.807, 2.05) is 6.08 Å². The Morgan fingerprint density at radius 2 is 0.785 bits per heavy atom. The molecule has 1 amide bonds. The highest BCUT2D eigenvalue weighted by Gasteiger charge is 2.18. The summed E-state index contributed by atoms with van der Waals surface area (Å²) in [5.41, 5.74) is 0. The van der Waals surface area contributed by atoms with Gasteiger partial charge in [-0.25, -0.2) is 0 Å². The van der Waals surface area contributed by atoms with Crippen LogP contribution in [0.1, 0.15) is 290 Å². The lowest BCUT2D eigenvalue weighted by atomic mass is 10.0. The minimum Gasteiger partial charge on any atom is -0.466 e. The van der Waals surface area contributed by atoms with Crippen molar-refractivity contribution in [2.75, 3.05) is 13.2 Å². The molecule has 2 atom stereocenters. The number of nitrogens with one attached hydrogen (secondary N) is 1. The lowest BCUT2D eigenvalue weighted by Gasteiger charge is -2.19. The van der Waals surface area contributed by atoms with Crippen molar-refractivity contribution in [2.45, 2.75) is 302 Å². The summed E-state index contributed by atoms with van der Waals surface area (Å²) in [5.74, 6) is -0.174. The lowest BCUT2D eigenvalue weighted by Crippen LogP contribution is -2.45. The van der Waals surface area contributed by atoms with Crippen molar-refractivity contribution in [3.05, 3.63) is 48.6 Å². The van der Waals surface area contributed by atoms with Crippen molar-refractivity contribution in [3.63, 3.8) is 0 Å². The van der Waals surface area contributed by atoms with Gasteiger partial charge >= 0.3 is 5.97 Å². The molecule has 0 spiro atoms. The molecule has 0 saturated carbocycles. The van der Waals surface area contributed by atoms with Crippen molar-refractivity contribution < 1.29 is 24.5 Å². The van der Waals surface area contributed by atoms with Crippen molar-refractivity contribution >= 4 is 11.9 Å². The molecular formula is C59H109NO5. The van der Waals surface area contributed by atoms with Crippen LogP contribution in [-0.2, 0) is 14.3 Å². The third-order valence-corrected chi connectivity index (χ3v) is 12.8. The third kappa shape index (κ3) is 51.1. The van der Waals surface area contributed by atoms with Gasteiger partial charge in [0.15, 0.2) is 0 Å². The van der Waals surface area contributed by atoms with Gasteiger partial charge in [0.2, 0.25) is 5.91 Å². The number of aliphatic hydroxyl groups excluding tert-OH is 2. The summed E-state index contributed by atoms with van der Waals surface area (Å²) in [6, 6.07) is -0.668. The number of carbonyl (C=O) groups excluding carboxylic acids is 2. The first-order valence-corrected chi connectivity index (χ1v) is 28.4. The quantitative estimate of drug-likeness (QED) is 0.0321. The van der Waals surface area contributed by atoms with Gasteiger partial charge in [-0.15, -0.1) is 0 Å². The Morgan fingerprint density at radius 3 is 1.25 bits per heavy atom. The van der Waals surface area contributed by atoms with Crippen LogP contribution >= 0.6 is 0 Å². The van der Waals surface area contributed by atoms with E-state index < -0.39 is 12.1 Å². The van der Waals surface area contributed by atoms with Crippen molar-refractivity contribution in [2.24, 2.45) is 0 Å². The monoisotopic (exact) mass is 912 g/mol. The average Bonchev–Trinajstić information content (AvgIpc) is 3.31. The van der Waals surface area contributed by atoms with Gasteiger partial charge in [0, 0.05) is 12.8 Å². The molecule has 0 saturated heterocycles. The van der Waals surface area contributed by atoms with Crippen LogP contribution < -0.4 is 5.32 Å². The van der Waals surface area contributed by atoms with Crippen molar-refractivity contribution in [3.8, 4) is 0 Å². The minimum atomic E-state index is -0.878. The number of rotatable bonds is 52. The smallest absolute Gasteiger partial charge is 0.305 e. The van der Waals surface area contributed by atoms with Gasteiger partial charge in [0.05, 0.1) is 25.4 Å². The Kier molecular flexibility index (Phi) is 52.6. The van der Waals surface area contributed by atoms with Crippen LogP contribution in [0.2, 0.25) is 0 Å². The number of esters is 1. The summed E-state index contributed by atoms with van der Waals surface area (Å²) in [7, 11) is 0. The van der Waals surface area contributed by atoms with Crippen LogP contribution in [0, 0.1) is 0 Å².